The highest BCUT2D eigenvalue weighted by molar-refractivity contribution is 6.18. The van der Waals surface area contributed by atoms with E-state index in [9.17, 15) is 58.2 Å². The van der Waals surface area contributed by atoms with Crippen LogP contribution >= 0.6 is 23.2 Å². The topological polar surface area (TPSA) is 327 Å². The van der Waals surface area contributed by atoms with E-state index in [1.165, 1.54) is 27.4 Å². The maximum Gasteiger partial charge on any atom is 0.305 e. The summed E-state index contributed by atoms with van der Waals surface area (Å²) in [6.07, 6.45) is 9.11. The van der Waals surface area contributed by atoms with Gasteiger partial charge in [-0.2, -0.15) is 0 Å². The Kier molecular flexibility index (Phi) is 29.4. The summed E-state index contributed by atoms with van der Waals surface area (Å²) in [5.74, 6) is -2.56. The fourth-order valence-corrected chi connectivity index (χ4v) is 12.9. The molecule has 6 N–H and O–H groups in total. The molecule has 10 rings (SSSR count). The van der Waals surface area contributed by atoms with Crippen molar-refractivity contribution in [3.8, 4) is 17.2 Å². The first-order valence-corrected chi connectivity index (χ1v) is 35.9. The molecule has 0 saturated carbocycles. The van der Waals surface area contributed by atoms with Crippen molar-refractivity contribution in [3.05, 3.63) is 159 Å². The van der Waals surface area contributed by atoms with Gasteiger partial charge in [0.15, 0.2) is 23.1 Å². The molecule has 6 atom stereocenters. The van der Waals surface area contributed by atoms with Gasteiger partial charge >= 0.3 is 11.9 Å². The number of ether oxygens (including phenoxy) is 4. The molecule has 4 aliphatic rings. The molecule has 0 unspecified atom stereocenters. The molecule has 4 heterocycles. The lowest BCUT2D eigenvalue weighted by atomic mass is 9.98. The molecule has 0 aliphatic carbocycles. The summed E-state index contributed by atoms with van der Waals surface area (Å²) in [4.78, 5) is 137. The zero-order valence-electron chi connectivity index (χ0n) is 60.2. The third kappa shape index (κ3) is 21.7. The first kappa shape index (κ1) is 80.4. The van der Waals surface area contributed by atoms with E-state index in [1.807, 2.05) is 77.8 Å². The Labute approximate surface area is 620 Å². The first-order valence-electron chi connectivity index (χ1n) is 34.8. The lowest BCUT2D eigenvalue weighted by molar-refractivity contribution is -0.141. The van der Waals surface area contributed by atoms with Crippen molar-refractivity contribution in [2.75, 3.05) is 48.9 Å². The van der Waals surface area contributed by atoms with Gasteiger partial charge in [0.1, 0.15) is 5.75 Å². The summed E-state index contributed by atoms with van der Waals surface area (Å²) < 4.78 is 20.0. The van der Waals surface area contributed by atoms with Crippen LogP contribution in [0.4, 0.5) is 34.1 Å². The van der Waals surface area contributed by atoms with E-state index in [1.54, 1.807) is 82.3 Å². The van der Waals surface area contributed by atoms with Gasteiger partial charge in [0.25, 0.3) is 11.8 Å². The number of aliphatic hydroxyl groups excluding tert-OH is 1. The number of esters is 2. The standard InChI is InChI=1S/C40H45ClN4O7.C22H31ClN2O6.C17H14N2O3/c1-24(15-35(46)25(2)43-37(47)11-7-8-12-38(48)52-4)39(49)44-30-17-26(16-27(18-30)22-41)13-14-29-20-33-32(21-36(29)51-3)40(50)45-31(23-42-33)19-28-9-5-6-10-34(28)45;1-14(22(30)25-18-10-16(12-23)9-17(11-18)13-26)8-19(27)15(2)24-20(28)6-4-5-7-21(29)31-3;1-22-16-7-12-13(8-15(16)20)18-9-11-6-10-4-2-3-5-14(10)19(11)17(12)21/h5-6,9-10,16-18,20-21,23-25,31H,7-8,11-15,19,22H2,1-4H3,(H,43,47)(H,44,49);9-11,14-15,26H,4-8,12-13H2,1-3H3,(H,24,28)(H,25,30);2-5,7-9,11,20H,6H2,1H3/t24-,25+,31+;14-,15+;11-/m110/s1. The van der Waals surface area contributed by atoms with Crippen LogP contribution in [0.5, 0.6) is 17.2 Å². The number of alkyl halides is 2. The Morgan fingerprint density at radius 1 is 0.533 bits per heavy atom. The highest BCUT2D eigenvalue weighted by Crippen LogP contribution is 2.42. The van der Waals surface area contributed by atoms with Crippen LogP contribution in [0.2, 0.25) is 0 Å². The third-order valence-electron chi connectivity index (χ3n) is 18.4. The largest absolute Gasteiger partial charge is 0.504 e. The number of phenols is 1. The number of hydrogen-bond donors (Lipinski definition) is 6. The van der Waals surface area contributed by atoms with Gasteiger partial charge in [0, 0.05) is 116 Å². The van der Waals surface area contributed by atoms with Crippen molar-refractivity contribution >= 4 is 129 Å². The molecule has 0 radical (unpaired) electrons. The van der Waals surface area contributed by atoms with E-state index in [2.05, 4.69) is 35.7 Å². The van der Waals surface area contributed by atoms with Gasteiger partial charge in [-0.15, -0.1) is 23.2 Å². The predicted octanol–water partition coefficient (Wildman–Crippen LogP) is 11.7. The predicted molar refractivity (Wildman–Crippen MR) is 402 cm³/mol. The number of nitrogens with zero attached hydrogens (tertiary/aromatic N) is 4. The number of aryl methyl sites for hydroxylation is 2. The highest BCUT2D eigenvalue weighted by Gasteiger charge is 2.38. The Balaban J connectivity index is 0.000000221. The molecule has 6 aromatic carbocycles. The number of fused-ring (bicyclic) bond motifs is 8. The Morgan fingerprint density at radius 2 is 0.952 bits per heavy atom. The van der Waals surface area contributed by atoms with Gasteiger partial charge in [-0.05, 0) is 146 Å². The van der Waals surface area contributed by atoms with Crippen LogP contribution < -0.4 is 40.5 Å². The van der Waals surface area contributed by atoms with Crippen molar-refractivity contribution < 1.29 is 77.1 Å². The molecule has 0 spiro atoms. The molecular weight excluding hydrogens is 1390 g/mol. The number of carbonyl (C=O) groups is 10. The number of nitrogens with one attached hydrogen (secondary N) is 4. The molecule has 0 saturated heterocycles. The minimum Gasteiger partial charge on any atom is -0.504 e. The van der Waals surface area contributed by atoms with Crippen molar-refractivity contribution in [1.82, 2.24) is 10.6 Å². The molecule has 105 heavy (non-hydrogen) atoms. The van der Waals surface area contributed by atoms with Crippen molar-refractivity contribution in [1.29, 1.82) is 0 Å². The maximum atomic E-state index is 13.8. The van der Waals surface area contributed by atoms with E-state index in [-0.39, 0.29) is 139 Å². The monoisotopic (exact) mass is 1480 g/mol. The van der Waals surface area contributed by atoms with Crippen molar-refractivity contribution in [2.24, 2.45) is 21.8 Å². The molecule has 0 aromatic heterocycles. The number of anilines is 4. The number of rotatable bonds is 30. The second-order valence-corrected chi connectivity index (χ2v) is 26.7. The highest BCUT2D eigenvalue weighted by atomic mass is 35.5. The normalized spacial score (nSPS) is 15.2. The Hall–Kier alpha value is -10.3. The molecule has 6 aromatic rings. The van der Waals surface area contributed by atoms with Crippen LogP contribution in [0.3, 0.4) is 0 Å². The molecule has 4 aliphatic heterocycles. The fourth-order valence-electron chi connectivity index (χ4n) is 12.6. The lowest BCUT2D eigenvalue weighted by Gasteiger charge is -2.22. The minimum absolute atomic E-state index is 0.0198. The SMILES string of the molecule is COC(=O)CCCCC(=O)N[C@@H](C)C(=O)C[C@@H](C)C(=O)Nc1cc(CCl)cc(CCc2cc3c(cc2OC)C(=O)N2c4ccccc4C[C@H]2C=N3)c1.COC(=O)CCCCC(=O)N[C@@H](C)C(=O)C[C@@H](C)C(=O)Nc1cc(CO)cc(CCl)c1.COc1cc2c(cc1O)N=C[C@@H]1Cc3ccccc3N1C2=O. The molecule has 0 bridgehead atoms. The number of aliphatic imine (C=N–C) groups is 2. The number of benzene rings is 6. The number of para-hydroxylation sites is 2. The molecule has 24 nitrogen and oxygen atoms in total. The minimum atomic E-state index is -0.753. The Bertz CT molecular complexity index is 4250. The number of aromatic hydroxyl groups is 1. The van der Waals surface area contributed by atoms with Gasteiger partial charge < -0.3 is 50.4 Å². The molecular formula is C79H90Cl2N8O16. The third-order valence-corrected chi connectivity index (χ3v) is 19.0. The van der Waals surface area contributed by atoms with Crippen LogP contribution in [0.25, 0.3) is 0 Å². The van der Waals surface area contributed by atoms with Crippen LogP contribution in [0.1, 0.15) is 152 Å². The summed E-state index contributed by atoms with van der Waals surface area (Å²) in [5.41, 5.74) is 11.2. The van der Waals surface area contributed by atoms with E-state index < -0.39 is 23.9 Å². The average Bonchev–Trinajstić information content (AvgIpc) is 1.63. The first-order chi connectivity index (χ1) is 50.4. The summed E-state index contributed by atoms with van der Waals surface area (Å²) in [5, 5.41) is 30.2. The molecule has 0 fully saturated rings. The van der Waals surface area contributed by atoms with Gasteiger partial charge in [0.05, 0.1) is 81.7 Å². The smallest absolute Gasteiger partial charge is 0.305 e. The second-order valence-electron chi connectivity index (χ2n) is 26.2. The van der Waals surface area contributed by atoms with Gasteiger partial charge in [-0.25, -0.2) is 0 Å². The zero-order chi connectivity index (χ0) is 76.0. The van der Waals surface area contributed by atoms with Gasteiger partial charge in [-0.3, -0.25) is 67.7 Å². The number of ketones is 2. The van der Waals surface area contributed by atoms with Crippen molar-refractivity contribution in [2.45, 2.75) is 160 Å². The number of unbranched alkanes of at least 4 members (excludes halogenated alkanes) is 2. The second kappa shape index (κ2) is 38.5. The van der Waals surface area contributed by atoms with E-state index in [0.29, 0.717) is 90.1 Å². The number of aliphatic hydroxyl groups is 1. The van der Waals surface area contributed by atoms with Gasteiger partial charge in [-0.1, -0.05) is 62.4 Å². The summed E-state index contributed by atoms with van der Waals surface area (Å²) >= 11 is 12.1. The number of amides is 6. The van der Waals surface area contributed by atoms with Crippen LogP contribution in [-0.4, -0.2) is 134 Å². The quantitative estimate of drug-likeness (QED) is 0.0139. The zero-order valence-corrected chi connectivity index (χ0v) is 61.7. The fraction of sp³-hybridized carbons (Fsp3) is 0.392. The summed E-state index contributed by atoms with van der Waals surface area (Å²) in [6, 6.07) is 31.6. The van der Waals surface area contributed by atoms with Crippen LogP contribution in [0, 0.1) is 11.8 Å². The average molecular weight is 1480 g/mol. The molecule has 6 amide bonds. The molecule has 556 valence electrons. The number of halogens is 2. The summed E-state index contributed by atoms with van der Waals surface area (Å²) in [7, 11) is 5.67. The van der Waals surface area contributed by atoms with Crippen molar-refractivity contribution in [3.63, 3.8) is 0 Å². The lowest BCUT2D eigenvalue weighted by Crippen LogP contribution is -2.39. The number of Topliss-reactive ketones (excluding diaryl/α,β-unsaturated/α-hetero) is 2. The van der Waals surface area contributed by atoms with Crippen LogP contribution in [0.15, 0.2) is 119 Å². The maximum absolute atomic E-state index is 13.8. The van der Waals surface area contributed by atoms with Gasteiger partial charge in [0.2, 0.25) is 23.6 Å². The Morgan fingerprint density at radius 3 is 1.40 bits per heavy atom. The van der Waals surface area contributed by atoms with E-state index in [4.69, 9.17) is 37.7 Å². The van der Waals surface area contributed by atoms with Crippen LogP contribution in [-0.2, 0) is 91.9 Å². The number of methoxy groups -OCH3 is 4. The number of carbonyl (C=O) groups excluding carboxylic acids is 10. The van der Waals surface area contributed by atoms with E-state index >= 15 is 0 Å². The number of hydrogen-bond acceptors (Lipinski definition) is 18. The summed E-state index contributed by atoms with van der Waals surface area (Å²) in [6.45, 7) is 6.30. The molecule has 26 heteroatoms. The number of phenolic OH excluding ortho intramolecular Hbond substituents is 1. The van der Waals surface area contributed by atoms with E-state index in [0.717, 1.165) is 51.2 Å².